The minimum atomic E-state index is -0.349. The standard InChI is InChI=1S/C20H18FN3O/c1-13-3-6-17(11-14(13)2)23-18-9-10-19(22-12-18)20(25)24-16-7-4-15(21)5-8-16/h3-12,23H,1-2H3,(H,24,25). The fourth-order valence-electron chi connectivity index (χ4n) is 2.32. The van der Waals surface area contributed by atoms with Crippen molar-refractivity contribution < 1.29 is 9.18 Å². The molecule has 25 heavy (non-hydrogen) atoms. The average Bonchev–Trinajstić information content (AvgIpc) is 2.61. The first-order valence-corrected chi connectivity index (χ1v) is 7.88. The van der Waals surface area contributed by atoms with Gasteiger partial charge in [-0.25, -0.2) is 9.37 Å². The van der Waals surface area contributed by atoms with Crippen LogP contribution in [0.5, 0.6) is 0 Å². The Balaban J connectivity index is 1.67. The van der Waals surface area contributed by atoms with Crippen LogP contribution in [-0.4, -0.2) is 10.9 Å². The smallest absolute Gasteiger partial charge is 0.274 e. The molecular weight excluding hydrogens is 317 g/mol. The molecule has 0 aliphatic heterocycles. The molecule has 1 amide bonds. The molecule has 0 saturated carbocycles. The number of aromatic nitrogens is 1. The summed E-state index contributed by atoms with van der Waals surface area (Å²) < 4.78 is 12.9. The van der Waals surface area contributed by atoms with Gasteiger partial charge in [0.05, 0.1) is 11.9 Å². The molecule has 2 aromatic carbocycles. The van der Waals surface area contributed by atoms with E-state index in [1.807, 2.05) is 6.07 Å². The SMILES string of the molecule is Cc1ccc(Nc2ccc(C(=O)Nc3ccc(F)cc3)nc2)cc1C. The number of amides is 1. The van der Waals surface area contributed by atoms with E-state index in [0.29, 0.717) is 5.69 Å². The largest absolute Gasteiger partial charge is 0.354 e. The normalized spacial score (nSPS) is 10.4. The van der Waals surface area contributed by atoms with Crippen molar-refractivity contribution >= 4 is 23.0 Å². The summed E-state index contributed by atoms with van der Waals surface area (Å²) in [5.74, 6) is -0.692. The maximum absolute atomic E-state index is 12.9. The lowest BCUT2D eigenvalue weighted by Gasteiger charge is -2.09. The minimum absolute atomic E-state index is 0.287. The van der Waals surface area contributed by atoms with E-state index >= 15 is 0 Å². The van der Waals surface area contributed by atoms with Gasteiger partial charge in [-0.15, -0.1) is 0 Å². The van der Waals surface area contributed by atoms with E-state index < -0.39 is 0 Å². The molecule has 0 unspecified atom stereocenters. The summed E-state index contributed by atoms with van der Waals surface area (Å²) in [5.41, 5.74) is 5.00. The van der Waals surface area contributed by atoms with Crippen LogP contribution in [0.4, 0.5) is 21.5 Å². The number of halogens is 1. The van der Waals surface area contributed by atoms with Crippen molar-refractivity contribution in [1.29, 1.82) is 0 Å². The van der Waals surface area contributed by atoms with Crippen LogP contribution >= 0.6 is 0 Å². The van der Waals surface area contributed by atoms with Gasteiger partial charge in [0.2, 0.25) is 0 Å². The highest BCUT2D eigenvalue weighted by atomic mass is 19.1. The molecule has 3 rings (SSSR count). The van der Waals surface area contributed by atoms with Crippen LogP contribution in [0, 0.1) is 19.7 Å². The molecule has 1 aromatic heterocycles. The number of carbonyl (C=O) groups is 1. The number of carbonyl (C=O) groups excluding carboxylic acids is 1. The number of aryl methyl sites for hydroxylation is 2. The Labute approximate surface area is 145 Å². The van der Waals surface area contributed by atoms with Crippen LogP contribution in [-0.2, 0) is 0 Å². The van der Waals surface area contributed by atoms with E-state index in [1.54, 1.807) is 18.3 Å². The highest BCUT2D eigenvalue weighted by Gasteiger charge is 2.08. The molecule has 0 aliphatic carbocycles. The molecule has 0 radical (unpaired) electrons. The van der Waals surface area contributed by atoms with Crippen LogP contribution < -0.4 is 10.6 Å². The Kier molecular flexibility index (Phi) is 4.75. The molecule has 5 heteroatoms. The molecule has 0 spiro atoms. The predicted molar refractivity (Wildman–Crippen MR) is 97.8 cm³/mol. The summed E-state index contributed by atoms with van der Waals surface area (Å²) in [5, 5.41) is 5.94. The molecule has 2 N–H and O–H groups in total. The number of nitrogens with zero attached hydrogens (tertiary/aromatic N) is 1. The number of pyridine rings is 1. The Morgan fingerprint density at radius 2 is 1.56 bits per heavy atom. The first-order valence-electron chi connectivity index (χ1n) is 7.88. The summed E-state index contributed by atoms with van der Waals surface area (Å²) in [4.78, 5) is 16.3. The fraction of sp³-hybridized carbons (Fsp3) is 0.100. The van der Waals surface area contributed by atoms with E-state index in [2.05, 4.69) is 41.6 Å². The maximum Gasteiger partial charge on any atom is 0.274 e. The van der Waals surface area contributed by atoms with Crippen LogP contribution in [0.25, 0.3) is 0 Å². The Bertz CT molecular complexity index is 890. The van der Waals surface area contributed by atoms with E-state index in [9.17, 15) is 9.18 Å². The number of hydrogen-bond donors (Lipinski definition) is 2. The first kappa shape index (κ1) is 16.6. The molecule has 0 atom stereocenters. The maximum atomic E-state index is 12.9. The lowest BCUT2D eigenvalue weighted by atomic mass is 10.1. The van der Waals surface area contributed by atoms with Gasteiger partial charge in [-0.1, -0.05) is 6.07 Å². The van der Waals surface area contributed by atoms with Crippen molar-refractivity contribution in [2.45, 2.75) is 13.8 Å². The quantitative estimate of drug-likeness (QED) is 0.718. The van der Waals surface area contributed by atoms with Crippen LogP contribution in [0.2, 0.25) is 0 Å². The second-order valence-corrected chi connectivity index (χ2v) is 5.82. The lowest BCUT2D eigenvalue weighted by Crippen LogP contribution is -2.13. The molecule has 0 aliphatic rings. The number of nitrogens with one attached hydrogen (secondary N) is 2. The van der Waals surface area contributed by atoms with Gasteiger partial charge in [-0.2, -0.15) is 0 Å². The van der Waals surface area contributed by atoms with Gasteiger partial charge in [0, 0.05) is 11.4 Å². The van der Waals surface area contributed by atoms with Crippen LogP contribution in [0.1, 0.15) is 21.6 Å². The third-order valence-corrected chi connectivity index (χ3v) is 3.89. The van der Waals surface area contributed by atoms with Crippen molar-refractivity contribution in [3.05, 3.63) is 83.4 Å². The highest BCUT2D eigenvalue weighted by molar-refractivity contribution is 6.02. The molecule has 126 valence electrons. The van der Waals surface area contributed by atoms with Crippen LogP contribution in [0.3, 0.4) is 0 Å². The molecular formula is C20H18FN3O. The third-order valence-electron chi connectivity index (χ3n) is 3.89. The van der Waals surface area contributed by atoms with Gasteiger partial charge in [-0.3, -0.25) is 4.79 Å². The van der Waals surface area contributed by atoms with Crippen molar-refractivity contribution in [3.63, 3.8) is 0 Å². The zero-order valence-corrected chi connectivity index (χ0v) is 14.0. The van der Waals surface area contributed by atoms with Gasteiger partial charge in [0.25, 0.3) is 5.91 Å². The minimum Gasteiger partial charge on any atom is -0.354 e. The summed E-state index contributed by atoms with van der Waals surface area (Å²) in [6, 6.07) is 15.1. The van der Waals surface area contributed by atoms with Gasteiger partial charge < -0.3 is 10.6 Å². The van der Waals surface area contributed by atoms with Crippen molar-refractivity contribution in [2.24, 2.45) is 0 Å². The van der Waals surface area contributed by atoms with Crippen molar-refractivity contribution in [1.82, 2.24) is 4.98 Å². The Morgan fingerprint density at radius 1 is 0.880 bits per heavy atom. The summed E-state index contributed by atoms with van der Waals surface area (Å²) in [6.45, 7) is 4.12. The van der Waals surface area contributed by atoms with Crippen molar-refractivity contribution in [2.75, 3.05) is 10.6 Å². The number of benzene rings is 2. The zero-order valence-electron chi connectivity index (χ0n) is 14.0. The van der Waals surface area contributed by atoms with Gasteiger partial charge in [0.1, 0.15) is 11.5 Å². The second kappa shape index (κ2) is 7.13. The molecule has 3 aromatic rings. The highest BCUT2D eigenvalue weighted by Crippen LogP contribution is 2.19. The van der Waals surface area contributed by atoms with E-state index in [4.69, 9.17) is 0 Å². The lowest BCUT2D eigenvalue weighted by molar-refractivity contribution is 0.102. The molecule has 0 saturated heterocycles. The number of anilines is 3. The van der Waals surface area contributed by atoms with Crippen LogP contribution in [0.15, 0.2) is 60.8 Å². The monoisotopic (exact) mass is 335 g/mol. The Morgan fingerprint density at radius 3 is 2.20 bits per heavy atom. The number of rotatable bonds is 4. The van der Waals surface area contributed by atoms with Gasteiger partial charge >= 0.3 is 0 Å². The predicted octanol–water partition coefficient (Wildman–Crippen LogP) is 4.83. The van der Waals surface area contributed by atoms with Gasteiger partial charge in [-0.05, 0) is 73.5 Å². The van der Waals surface area contributed by atoms with E-state index in [-0.39, 0.29) is 17.4 Å². The van der Waals surface area contributed by atoms with E-state index in [0.717, 1.165) is 11.4 Å². The molecule has 0 bridgehead atoms. The molecule has 4 nitrogen and oxygen atoms in total. The van der Waals surface area contributed by atoms with Gasteiger partial charge in [0.15, 0.2) is 0 Å². The fourth-order valence-corrected chi connectivity index (χ4v) is 2.32. The third kappa shape index (κ3) is 4.20. The topological polar surface area (TPSA) is 54.0 Å². The number of hydrogen-bond acceptors (Lipinski definition) is 3. The first-order chi connectivity index (χ1) is 12.0. The molecule has 0 fully saturated rings. The summed E-state index contributed by atoms with van der Waals surface area (Å²) >= 11 is 0. The zero-order chi connectivity index (χ0) is 17.8. The average molecular weight is 335 g/mol. The second-order valence-electron chi connectivity index (χ2n) is 5.82. The van der Waals surface area contributed by atoms with E-state index in [1.165, 1.54) is 35.4 Å². The van der Waals surface area contributed by atoms with Crippen molar-refractivity contribution in [3.8, 4) is 0 Å². The summed E-state index contributed by atoms with van der Waals surface area (Å²) in [6.07, 6.45) is 1.61. The molecule has 1 heterocycles. The summed E-state index contributed by atoms with van der Waals surface area (Å²) in [7, 11) is 0. The Hall–Kier alpha value is -3.21.